The fourth-order valence-electron chi connectivity index (χ4n) is 2.10. The third kappa shape index (κ3) is 2.81. The minimum Gasteiger partial charge on any atom is -0.323 e. The van der Waals surface area contributed by atoms with Gasteiger partial charge in [0.15, 0.2) is 0 Å². The van der Waals surface area contributed by atoms with Crippen molar-refractivity contribution < 1.29 is 4.79 Å². The van der Waals surface area contributed by atoms with E-state index in [1.54, 1.807) is 18.0 Å². The van der Waals surface area contributed by atoms with Gasteiger partial charge in [0, 0.05) is 12.7 Å². The summed E-state index contributed by atoms with van der Waals surface area (Å²) in [5, 5.41) is 0. The van der Waals surface area contributed by atoms with E-state index in [0.29, 0.717) is 11.3 Å². The molecule has 0 aromatic heterocycles. The summed E-state index contributed by atoms with van der Waals surface area (Å²) >= 11 is 0. The van der Waals surface area contributed by atoms with Gasteiger partial charge in [0.25, 0.3) is 5.91 Å². The van der Waals surface area contributed by atoms with Gasteiger partial charge in [-0.3, -0.25) is 10.6 Å². The molecule has 1 amide bonds. The van der Waals surface area contributed by atoms with Gasteiger partial charge < -0.3 is 10.3 Å². The fraction of sp³-hybridized carbons (Fsp3) is 0.188. The maximum atomic E-state index is 12.6. The Labute approximate surface area is 119 Å². The summed E-state index contributed by atoms with van der Waals surface area (Å²) < 4.78 is 0. The van der Waals surface area contributed by atoms with Gasteiger partial charge >= 0.3 is 0 Å². The summed E-state index contributed by atoms with van der Waals surface area (Å²) in [7, 11) is 1.76. The third-order valence-corrected chi connectivity index (χ3v) is 3.25. The van der Waals surface area contributed by atoms with Gasteiger partial charge in [-0.2, -0.15) is 0 Å². The standard InChI is InChI=1S/C16H19N3O/c1-11-5-4-6-13(9-11)19(3)16(20)14-8-7-12(2)10-15(14)18-17/h4-10,18H,17H2,1-3H3. The van der Waals surface area contributed by atoms with Crippen LogP contribution in [0.4, 0.5) is 11.4 Å². The van der Waals surface area contributed by atoms with Gasteiger partial charge in [-0.1, -0.05) is 18.2 Å². The van der Waals surface area contributed by atoms with Crippen molar-refractivity contribution in [2.24, 2.45) is 5.84 Å². The maximum Gasteiger partial charge on any atom is 0.260 e. The molecule has 0 atom stereocenters. The molecule has 4 nitrogen and oxygen atoms in total. The number of hydrogen-bond acceptors (Lipinski definition) is 3. The number of aryl methyl sites for hydroxylation is 2. The van der Waals surface area contributed by atoms with E-state index < -0.39 is 0 Å². The van der Waals surface area contributed by atoms with E-state index in [9.17, 15) is 4.79 Å². The van der Waals surface area contributed by atoms with E-state index in [1.165, 1.54) is 0 Å². The van der Waals surface area contributed by atoms with Crippen LogP contribution in [0, 0.1) is 13.8 Å². The van der Waals surface area contributed by atoms with E-state index in [4.69, 9.17) is 5.84 Å². The number of nitrogen functional groups attached to an aromatic ring is 1. The molecule has 0 heterocycles. The van der Waals surface area contributed by atoms with Crippen LogP contribution in [0.15, 0.2) is 42.5 Å². The zero-order valence-corrected chi connectivity index (χ0v) is 12.0. The molecule has 0 aliphatic heterocycles. The van der Waals surface area contributed by atoms with Gasteiger partial charge in [0.1, 0.15) is 0 Å². The van der Waals surface area contributed by atoms with Gasteiger partial charge in [0.2, 0.25) is 0 Å². The molecular formula is C16H19N3O. The van der Waals surface area contributed by atoms with Gasteiger partial charge in [-0.15, -0.1) is 0 Å². The number of hydrazine groups is 1. The van der Waals surface area contributed by atoms with Crippen molar-refractivity contribution in [2.75, 3.05) is 17.4 Å². The second-order valence-corrected chi connectivity index (χ2v) is 4.90. The molecule has 0 fully saturated rings. The van der Waals surface area contributed by atoms with E-state index in [0.717, 1.165) is 16.8 Å². The normalized spacial score (nSPS) is 10.2. The van der Waals surface area contributed by atoms with Crippen molar-refractivity contribution in [2.45, 2.75) is 13.8 Å². The molecule has 0 unspecified atom stereocenters. The molecule has 0 saturated heterocycles. The summed E-state index contributed by atoms with van der Waals surface area (Å²) in [4.78, 5) is 14.2. The highest BCUT2D eigenvalue weighted by Gasteiger charge is 2.17. The first-order valence-corrected chi connectivity index (χ1v) is 6.45. The van der Waals surface area contributed by atoms with E-state index in [2.05, 4.69) is 5.43 Å². The number of carbonyl (C=O) groups is 1. The lowest BCUT2D eigenvalue weighted by atomic mass is 10.1. The second kappa shape index (κ2) is 5.75. The van der Waals surface area contributed by atoms with Crippen LogP contribution < -0.4 is 16.2 Å². The summed E-state index contributed by atoms with van der Waals surface area (Å²) in [6, 6.07) is 13.4. The zero-order chi connectivity index (χ0) is 14.7. The quantitative estimate of drug-likeness (QED) is 0.665. The van der Waals surface area contributed by atoms with Crippen molar-refractivity contribution in [3.8, 4) is 0 Å². The van der Waals surface area contributed by atoms with Crippen molar-refractivity contribution in [3.63, 3.8) is 0 Å². The number of amides is 1. The smallest absolute Gasteiger partial charge is 0.260 e. The lowest BCUT2D eigenvalue weighted by Crippen LogP contribution is -2.27. The number of nitrogens with zero attached hydrogens (tertiary/aromatic N) is 1. The molecule has 0 saturated carbocycles. The summed E-state index contributed by atoms with van der Waals surface area (Å²) in [5.41, 5.74) is 6.80. The van der Waals surface area contributed by atoms with Crippen molar-refractivity contribution >= 4 is 17.3 Å². The van der Waals surface area contributed by atoms with Crippen molar-refractivity contribution in [1.82, 2.24) is 0 Å². The molecule has 0 bridgehead atoms. The first-order chi connectivity index (χ1) is 9.52. The Morgan fingerprint density at radius 1 is 1.10 bits per heavy atom. The van der Waals surface area contributed by atoms with E-state index in [-0.39, 0.29) is 5.91 Å². The molecule has 0 aliphatic carbocycles. The van der Waals surface area contributed by atoms with Crippen LogP contribution in [0.25, 0.3) is 0 Å². The minimum atomic E-state index is -0.0939. The Morgan fingerprint density at radius 2 is 1.80 bits per heavy atom. The number of rotatable bonds is 3. The number of carbonyl (C=O) groups excluding carboxylic acids is 1. The van der Waals surface area contributed by atoms with Crippen LogP contribution in [0.5, 0.6) is 0 Å². The monoisotopic (exact) mass is 269 g/mol. The Balaban J connectivity index is 2.36. The Hall–Kier alpha value is -2.33. The summed E-state index contributed by atoms with van der Waals surface area (Å²) in [5.74, 6) is 5.41. The Bertz CT molecular complexity index is 637. The minimum absolute atomic E-state index is 0.0939. The highest BCUT2D eigenvalue weighted by Crippen LogP contribution is 2.22. The van der Waals surface area contributed by atoms with Gasteiger partial charge in [-0.05, 0) is 49.2 Å². The lowest BCUT2D eigenvalue weighted by molar-refractivity contribution is 0.0994. The van der Waals surface area contributed by atoms with Crippen molar-refractivity contribution in [1.29, 1.82) is 0 Å². The molecule has 20 heavy (non-hydrogen) atoms. The number of hydrogen-bond donors (Lipinski definition) is 2. The summed E-state index contributed by atoms with van der Waals surface area (Å²) in [6.07, 6.45) is 0. The molecule has 0 radical (unpaired) electrons. The van der Waals surface area contributed by atoms with Crippen LogP contribution in [0.3, 0.4) is 0 Å². The predicted octanol–water partition coefficient (Wildman–Crippen LogP) is 2.87. The first kappa shape index (κ1) is 14.1. The predicted molar refractivity (Wildman–Crippen MR) is 82.9 cm³/mol. The van der Waals surface area contributed by atoms with Crippen LogP contribution in [0.2, 0.25) is 0 Å². The second-order valence-electron chi connectivity index (χ2n) is 4.90. The Kier molecular flexibility index (Phi) is 4.05. The molecule has 4 heteroatoms. The van der Waals surface area contributed by atoms with Crippen LogP contribution >= 0.6 is 0 Å². The molecule has 3 N–H and O–H groups in total. The van der Waals surface area contributed by atoms with Crippen molar-refractivity contribution in [3.05, 3.63) is 59.2 Å². The van der Waals surface area contributed by atoms with Crippen LogP contribution in [0.1, 0.15) is 21.5 Å². The number of benzene rings is 2. The maximum absolute atomic E-state index is 12.6. The Morgan fingerprint density at radius 3 is 2.45 bits per heavy atom. The first-order valence-electron chi connectivity index (χ1n) is 6.45. The average Bonchev–Trinajstić information content (AvgIpc) is 2.45. The highest BCUT2D eigenvalue weighted by atomic mass is 16.2. The SMILES string of the molecule is Cc1cccc(N(C)C(=O)c2ccc(C)cc2NN)c1. The van der Waals surface area contributed by atoms with E-state index >= 15 is 0 Å². The van der Waals surface area contributed by atoms with Crippen LogP contribution in [-0.4, -0.2) is 13.0 Å². The number of nitrogens with two attached hydrogens (primary N) is 1. The molecule has 0 aliphatic rings. The fourth-order valence-corrected chi connectivity index (χ4v) is 2.10. The molecule has 0 spiro atoms. The molecule has 2 rings (SSSR count). The number of anilines is 2. The molecular weight excluding hydrogens is 250 g/mol. The summed E-state index contributed by atoms with van der Waals surface area (Å²) in [6.45, 7) is 3.96. The molecule has 2 aromatic rings. The number of nitrogens with one attached hydrogen (secondary N) is 1. The van der Waals surface area contributed by atoms with Gasteiger partial charge in [-0.25, -0.2) is 0 Å². The van der Waals surface area contributed by atoms with E-state index in [1.807, 2.05) is 50.2 Å². The average molecular weight is 269 g/mol. The van der Waals surface area contributed by atoms with Gasteiger partial charge in [0.05, 0.1) is 11.3 Å². The molecule has 2 aromatic carbocycles. The largest absolute Gasteiger partial charge is 0.323 e. The lowest BCUT2D eigenvalue weighted by Gasteiger charge is -2.19. The third-order valence-electron chi connectivity index (χ3n) is 3.25. The zero-order valence-electron chi connectivity index (χ0n) is 12.0. The highest BCUT2D eigenvalue weighted by molar-refractivity contribution is 6.09. The van der Waals surface area contributed by atoms with Crippen LogP contribution in [-0.2, 0) is 0 Å². The topological polar surface area (TPSA) is 58.4 Å². The molecule has 104 valence electrons.